The molecular formula is C22H28IN. The van der Waals surface area contributed by atoms with Crippen molar-refractivity contribution in [2.75, 3.05) is 19.6 Å². The smallest absolute Gasteiger partial charge is 0.109 e. The van der Waals surface area contributed by atoms with Crippen LogP contribution in [0.3, 0.4) is 0 Å². The lowest BCUT2D eigenvalue weighted by molar-refractivity contribution is -0.931. The molecular weight excluding hydrogens is 405 g/mol. The van der Waals surface area contributed by atoms with E-state index in [9.17, 15) is 0 Å². The van der Waals surface area contributed by atoms with Gasteiger partial charge in [0.2, 0.25) is 0 Å². The van der Waals surface area contributed by atoms with Crippen molar-refractivity contribution in [3.8, 4) is 0 Å². The number of hydrogen-bond donors (Lipinski definition) is 0. The van der Waals surface area contributed by atoms with E-state index in [4.69, 9.17) is 0 Å². The maximum atomic E-state index is 2.43. The molecule has 0 spiro atoms. The molecule has 2 aromatic rings. The van der Waals surface area contributed by atoms with Gasteiger partial charge in [-0.05, 0) is 37.5 Å². The summed E-state index contributed by atoms with van der Waals surface area (Å²) in [6.45, 7) is 10.8. The summed E-state index contributed by atoms with van der Waals surface area (Å²) in [5.41, 5.74) is 5.80. The summed E-state index contributed by atoms with van der Waals surface area (Å²) < 4.78 is 1.22. The fourth-order valence-corrected chi connectivity index (χ4v) is 4.24. The minimum atomic E-state index is 0. The largest absolute Gasteiger partial charge is 1.00 e. The van der Waals surface area contributed by atoms with E-state index in [2.05, 4.69) is 81.4 Å². The summed E-state index contributed by atoms with van der Waals surface area (Å²) in [5.74, 6) is 0. The summed E-state index contributed by atoms with van der Waals surface area (Å²) in [4.78, 5) is 0. The Labute approximate surface area is 164 Å². The Morgan fingerprint density at radius 1 is 0.875 bits per heavy atom. The number of nitrogens with zero attached hydrogens (tertiary/aromatic N) is 1. The molecule has 1 aliphatic rings. The SMILES string of the molecule is CC[N+]1(CC)CCC(=C(c2ccccc2)c2ccccc2)C1C.[I-]. The monoisotopic (exact) mass is 433 g/mol. The van der Waals surface area contributed by atoms with Gasteiger partial charge in [-0.15, -0.1) is 0 Å². The minimum Gasteiger partial charge on any atom is -1.00 e. The van der Waals surface area contributed by atoms with Crippen molar-refractivity contribution in [2.45, 2.75) is 33.2 Å². The molecule has 0 radical (unpaired) electrons. The third kappa shape index (κ3) is 3.45. The average molecular weight is 433 g/mol. The van der Waals surface area contributed by atoms with Gasteiger partial charge in [0.1, 0.15) is 6.04 Å². The Hall–Kier alpha value is -1.13. The Balaban J connectivity index is 0.00000208. The van der Waals surface area contributed by atoms with Crippen LogP contribution in [-0.2, 0) is 0 Å². The van der Waals surface area contributed by atoms with E-state index in [1.54, 1.807) is 5.57 Å². The third-order valence-corrected chi connectivity index (χ3v) is 5.86. The minimum absolute atomic E-state index is 0. The molecule has 0 aromatic heterocycles. The number of benzene rings is 2. The topological polar surface area (TPSA) is 0 Å². The molecule has 0 N–H and O–H groups in total. The number of rotatable bonds is 4. The van der Waals surface area contributed by atoms with Crippen molar-refractivity contribution >= 4 is 5.57 Å². The van der Waals surface area contributed by atoms with E-state index in [1.165, 1.54) is 47.2 Å². The molecule has 24 heavy (non-hydrogen) atoms. The van der Waals surface area contributed by atoms with E-state index < -0.39 is 0 Å². The van der Waals surface area contributed by atoms with E-state index >= 15 is 0 Å². The lowest BCUT2D eigenvalue weighted by atomic mass is 9.90. The highest BCUT2D eigenvalue weighted by Crippen LogP contribution is 2.38. The first-order valence-corrected chi connectivity index (χ1v) is 8.91. The van der Waals surface area contributed by atoms with Crippen molar-refractivity contribution in [3.63, 3.8) is 0 Å². The molecule has 1 saturated heterocycles. The molecule has 1 unspecified atom stereocenters. The maximum absolute atomic E-state index is 2.43. The van der Waals surface area contributed by atoms with Crippen LogP contribution in [0.1, 0.15) is 38.3 Å². The first-order chi connectivity index (χ1) is 11.2. The zero-order valence-corrected chi connectivity index (χ0v) is 17.2. The number of quaternary nitrogens is 1. The predicted octanol–water partition coefficient (Wildman–Crippen LogP) is 2.14. The van der Waals surface area contributed by atoms with Crippen LogP contribution in [0.4, 0.5) is 0 Å². The molecule has 2 aromatic carbocycles. The van der Waals surface area contributed by atoms with Crippen LogP contribution in [-0.4, -0.2) is 30.2 Å². The highest BCUT2D eigenvalue weighted by Gasteiger charge is 2.40. The average Bonchev–Trinajstić information content (AvgIpc) is 2.94. The molecule has 1 fully saturated rings. The molecule has 1 heterocycles. The van der Waals surface area contributed by atoms with Gasteiger partial charge in [0.05, 0.1) is 19.6 Å². The van der Waals surface area contributed by atoms with Crippen LogP contribution in [0.25, 0.3) is 5.57 Å². The zero-order valence-electron chi connectivity index (χ0n) is 15.0. The van der Waals surface area contributed by atoms with Gasteiger partial charge in [0.25, 0.3) is 0 Å². The summed E-state index contributed by atoms with van der Waals surface area (Å²) in [5, 5.41) is 0. The third-order valence-electron chi connectivity index (χ3n) is 5.86. The number of likely N-dealkylation sites (N-methyl/N-ethyl adjacent to an activating group) is 1. The van der Waals surface area contributed by atoms with E-state index in [0.717, 1.165) is 0 Å². The number of hydrogen-bond acceptors (Lipinski definition) is 0. The van der Waals surface area contributed by atoms with Crippen LogP contribution >= 0.6 is 0 Å². The first-order valence-electron chi connectivity index (χ1n) is 8.91. The molecule has 0 bridgehead atoms. The van der Waals surface area contributed by atoms with Gasteiger partial charge >= 0.3 is 0 Å². The summed E-state index contributed by atoms with van der Waals surface area (Å²) >= 11 is 0. The van der Waals surface area contributed by atoms with Gasteiger partial charge in [0, 0.05) is 12.0 Å². The second-order valence-corrected chi connectivity index (χ2v) is 6.63. The summed E-state index contributed by atoms with van der Waals surface area (Å²) in [7, 11) is 0. The van der Waals surface area contributed by atoms with Gasteiger partial charge in [-0.1, -0.05) is 60.7 Å². The Kier molecular flexibility index (Phi) is 6.64. The lowest BCUT2D eigenvalue weighted by Crippen LogP contribution is -3.00. The summed E-state index contributed by atoms with van der Waals surface area (Å²) in [6.07, 6.45) is 1.21. The molecule has 0 amide bonds. The van der Waals surface area contributed by atoms with E-state index in [1.807, 2.05) is 0 Å². The molecule has 1 nitrogen and oxygen atoms in total. The number of halogens is 1. The van der Waals surface area contributed by atoms with Crippen LogP contribution in [0, 0.1) is 0 Å². The van der Waals surface area contributed by atoms with Crippen LogP contribution < -0.4 is 24.0 Å². The quantitative estimate of drug-likeness (QED) is 0.512. The van der Waals surface area contributed by atoms with Crippen molar-refractivity contribution in [3.05, 3.63) is 77.4 Å². The highest BCUT2D eigenvalue weighted by molar-refractivity contribution is 5.82. The highest BCUT2D eigenvalue weighted by atomic mass is 127. The van der Waals surface area contributed by atoms with Gasteiger partial charge in [-0.3, -0.25) is 0 Å². The summed E-state index contributed by atoms with van der Waals surface area (Å²) in [6, 6.07) is 22.4. The van der Waals surface area contributed by atoms with E-state index in [0.29, 0.717) is 6.04 Å². The molecule has 128 valence electrons. The Bertz CT molecular complexity index is 630. The molecule has 2 heteroatoms. The standard InChI is InChI=1S/C22H28N.HI/c1-4-23(5-2)17-16-21(18(23)3)22(19-12-8-6-9-13-19)20-14-10-7-11-15-20;/h6-15,18H,4-5,16-17H2,1-3H3;1H/q+1;/p-1. The van der Waals surface area contributed by atoms with Crippen molar-refractivity contribution in [2.24, 2.45) is 0 Å². The fraction of sp³-hybridized carbons (Fsp3) is 0.364. The van der Waals surface area contributed by atoms with Crippen molar-refractivity contribution in [1.82, 2.24) is 0 Å². The van der Waals surface area contributed by atoms with Gasteiger partial charge in [-0.25, -0.2) is 0 Å². The second-order valence-electron chi connectivity index (χ2n) is 6.63. The van der Waals surface area contributed by atoms with Crippen molar-refractivity contribution < 1.29 is 28.5 Å². The molecule has 0 saturated carbocycles. The van der Waals surface area contributed by atoms with Crippen LogP contribution in [0.5, 0.6) is 0 Å². The first kappa shape index (κ1) is 19.2. The van der Waals surface area contributed by atoms with Crippen molar-refractivity contribution in [1.29, 1.82) is 0 Å². The molecule has 1 atom stereocenters. The predicted molar refractivity (Wildman–Crippen MR) is 99.2 cm³/mol. The molecule has 1 aliphatic heterocycles. The molecule has 3 rings (SSSR count). The maximum Gasteiger partial charge on any atom is 0.109 e. The molecule has 0 aliphatic carbocycles. The van der Waals surface area contributed by atoms with Gasteiger partial charge in [0.15, 0.2) is 0 Å². The second kappa shape index (κ2) is 8.30. The number of likely N-dealkylation sites (tertiary alicyclic amines) is 1. The van der Waals surface area contributed by atoms with Gasteiger partial charge < -0.3 is 28.5 Å². The van der Waals surface area contributed by atoms with Crippen LogP contribution in [0.15, 0.2) is 66.2 Å². The van der Waals surface area contributed by atoms with E-state index in [-0.39, 0.29) is 24.0 Å². The normalized spacial score (nSPS) is 19.0. The van der Waals surface area contributed by atoms with Gasteiger partial charge in [-0.2, -0.15) is 0 Å². The fourth-order valence-electron chi connectivity index (χ4n) is 4.24. The Morgan fingerprint density at radius 2 is 1.33 bits per heavy atom. The Morgan fingerprint density at radius 3 is 1.71 bits per heavy atom. The van der Waals surface area contributed by atoms with Crippen LogP contribution in [0.2, 0.25) is 0 Å². The lowest BCUT2D eigenvalue weighted by Gasteiger charge is -2.37. The zero-order chi connectivity index (χ0) is 16.3.